The van der Waals surface area contributed by atoms with Crippen LogP contribution < -0.4 is 10.1 Å². The van der Waals surface area contributed by atoms with Gasteiger partial charge in [-0.3, -0.25) is 19.8 Å². The molecule has 2 aromatic rings. The Morgan fingerprint density at radius 2 is 1.73 bits per heavy atom. The molecule has 1 heterocycles. The van der Waals surface area contributed by atoms with Crippen LogP contribution in [-0.4, -0.2) is 40.4 Å². The highest BCUT2D eigenvalue weighted by Gasteiger charge is 2.34. The molecule has 30 heavy (non-hydrogen) atoms. The molecule has 0 aliphatic carbocycles. The van der Waals surface area contributed by atoms with Gasteiger partial charge < -0.3 is 9.84 Å². The number of urea groups is 1. The number of ether oxygens (including phenoxy) is 1. The van der Waals surface area contributed by atoms with Crippen molar-refractivity contribution in [3.8, 4) is 5.75 Å². The molecule has 0 spiro atoms. The summed E-state index contributed by atoms with van der Waals surface area (Å²) in [5.74, 6) is -1.87. The topological polar surface area (TPSA) is 113 Å². The number of hydrogen-bond acceptors (Lipinski definition) is 5. The van der Waals surface area contributed by atoms with Crippen LogP contribution >= 0.6 is 0 Å². The Kier molecular flexibility index (Phi) is 6.07. The first-order valence-corrected chi connectivity index (χ1v) is 8.94. The van der Waals surface area contributed by atoms with Crippen molar-refractivity contribution in [3.63, 3.8) is 0 Å². The molecule has 2 N–H and O–H groups in total. The average Bonchev–Trinajstić information content (AvgIpc) is 2.74. The molecular weight excluding hydrogens is 388 g/mol. The SMILES string of the molecule is C=CCN1C(=O)NC(=O)/C(=C/c2ccc(OCc3ccc(C(=O)O)cc3)cc2)C1=O. The minimum Gasteiger partial charge on any atom is -0.489 e. The molecule has 1 saturated heterocycles. The van der Waals surface area contributed by atoms with E-state index >= 15 is 0 Å². The van der Waals surface area contributed by atoms with Crippen LogP contribution in [0.3, 0.4) is 0 Å². The lowest BCUT2D eigenvalue weighted by atomic mass is 10.1. The fourth-order valence-corrected chi connectivity index (χ4v) is 2.73. The van der Waals surface area contributed by atoms with Crippen molar-refractivity contribution in [2.75, 3.05) is 6.54 Å². The molecule has 0 aromatic heterocycles. The van der Waals surface area contributed by atoms with Crippen molar-refractivity contribution in [2.24, 2.45) is 0 Å². The van der Waals surface area contributed by atoms with Crippen LogP contribution in [0.15, 0.2) is 66.8 Å². The molecule has 0 bridgehead atoms. The number of carbonyl (C=O) groups is 4. The number of carboxylic acid groups (broad SMARTS) is 1. The van der Waals surface area contributed by atoms with E-state index in [-0.39, 0.29) is 24.3 Å². The van der Waals surface area contributed by atoms with E-state index in [1.54, 1.807) is 36.4 Å². The summed E-state index contributed by atoms with van der Waals surface area (Å²) in [6.45, 7) is 3.74. The Hall–Kier alpha value is -4.20. The highest BCUT2D eigenvalue weighted by Crippen LogP contribution is 2.19. The lowest BCUT2D eigenvalue weighted by Gasteiger charge is -2.25. The number of nitrogens with one attached hydrogen (secondary N) is 1. The highest BCUT2D eigenvalue weighted by molar-refractivity contribution is 6.31. The van der Waals surface area contributed by atoms with Crippen molar-refractivity contribution < 1.29 is 29.0 Å². The molecule has 4 amide bonds. The monoisotopic (exact) mass is 406 g/mol. The quantitative estimate of drug-likeness (QED) is 0.415. The van der Waals surface area contributed by atoms with Crippen molar-refractivity contribution in [2.45, 2.75) is 6.61 Å². The Labute approximate surface area is 172 Å². The predicted octanol–water partition coefficient (Wildman–Crippen LogP) is 2.61. The second-order valence-electron chi connectivity index (χ2n) is 6.38. The van der Waals surface area contributed by atoms with Crippen molar-refractivity contribution in [3.05, 3.63) is 83.4 Å². The van der Waals surface area contributed by atoms with E-state index in [4.69, 9.17) is 9.84 Å². The van der Waals surface area contributed by atoms with E-state index < -0.39 is 23.8 Å². The van der Waals surface area contributed by atoms with Gasteiger partial charge in [0.1, 0.15) is 17.9 Å². The minimum atomic E-state index is -0.991. The molecule has 0 radical (unpaired) electrons. The van der Waals surface area contributed by atoms with Gasteiger partial charge in [0.2, 0.25) is 0 Å². The van der Waals surface area contributed by atoms with Crippen LogP contribution in [0.2, 0.25) is 0 Å². The standard InChI is InChI=1S/C22H18N2O6/c1-2-11-24-20(26)18(19(25)23-22(24)29)12-14-5-9-17(10-6-14)30-13-15-3-7-16(8-4-15)21(27)28/h2-10,12H,1,11,13H2,(H,27,28)(H,23,25,29)/b18-12-. The molecule has 1 aliphatic heterocycles. The van der Waals surface area contributed by atoms with Gasteiger partial charge >= 0.3 is 12.0 Å². The van der Waals surface area contributed by atoms with Gasteiger partial charge in [0.25, 0.3) is 11.8 Å². The van der Waals surface area contributed by atoms with Gasteiger partial charge in [0, 0.05) is 6.54 Å². The molecule has 8 heteroatoms. The highest BCUT2D eigenvalue weighted by atomic mass is 16.5. The van der Waals surface area contributed by atoms with E-state index in [0.717, 1.165) is 10.5 Å². The fraction of sp³-hybridized carbons (Fsp3) is 0.0909. The predicted molar refractivity (Wildman–Crippen MR) is 108 cm³/mol. The maximum Gasteiger partial charge on any atom is 0.335 e. The zero-order valence-electron chi connectivity index (χ0n) is 15.8. The van der Waals surface area contributed by atoms with E-state index in [1.807, 2.05) is 0 Å². The van der Waals surface area contributed by atoms with Crippen molar-refractivity contribution >= 4 is 29.9 Å². The maximum atomic E-state index is 12.4. The number of hydrogen-bond donors (Lipinski definition) is 2. The Bertz CT molecular complexity index is 1040. The molecule has 152 valence electrons. The van der Waals surface area contributed by atoms with Gasteiger partial charge in [-0.1, -0.05) is 30.3 Å². The number of nitrogens with zero attached hydrogens (tertiary/aromatic N) is 1. The zero-order valence-corrected chi connectivity index (χ0v) is 15.8. The van der Waals surface area contributed by atoms with Crippen molar-refractivity contribution in [1.82, 2.24) is 10.2 Å². The third-order valence-electron chi connectivity index (χ3n) is 4.29. The minimum absolute atomic E-state index is 0.00446. The number of carboxylic acids is 1. The van der Waals surface area contributed by atoms with E-state index in [2.05, 4.69) is 11.9 Å². The van der Waals surface area contributed by atoms with E-state index in [1.165, 1.54) is 24.3 Å². The van der Waals surface area contributed by atoms with Crippen LogP contribution in [0.25, 0.3) is 6.08 Å². The summed E-state index contributed by atoms with van der Waals surface area (Å²) in [4.78, 5) is 47.9. The number of amides is 4. The zero-order chi connectivity index (χ0) is 21.7. The summed E-state index contributed by atoms with van der Waals surface area (Å²) < 4.78 is 5.66. The third-order valence-corrected chi connectivity index (χ3v) is 4.29. The molecule has 3 rings (SSSR count). The molecule has 1 fully saturated rings. The first-order valence-electron chi connectivity index (χ1n) is 8.94. The number of carbonyl (C=O) groups excluding carboxylic acids is 3. The Morgan fingerprint density at radius 1 is 1.07 bits per heavy atom. The normalized spacial score (nSPS) is 15.1. The maximum absolute atomic E-state index is 12.4. The average molecular weight is 406 g/mol. The summed E-state index contributed by atoms with van der Waals surface area (Å²) in [7, 11) is 0. The van der Waals surface area contributed by atoms with Gasteiger partial charge in [-0.15, -0.1) is 6.58 Å². The van der Waals surface area contributed by atoms with Crippen molar-refractivity contribution in [1.29, 1.82) is 0 Å². The number of aromatic carboxylic acids is 1. The lowest BCUT2D eigenvalue weighted by Crippen LogP contribution is -2.54. The first kappa shape index (κ1) is 20.5. The lowest BCUT2D eigenvalue weighted by molar-refractivity contribution is -0.129. The van der Waals surface area contributed by atoms with Crippen LogP contribution in [0, 0.1) is 0 Å². The molecular formula is C22H18N2O6. The summed E-state index contributed by atoms with van der Waals surface area (Å²) in [5, 5.41) is 11.0. The number of imide groups is 2. The number of barbiturate groups is 1. The smallest absolute Gasteiger partial charge is 0.335 e. The van der Waals surface area contributed by atoms with Gasteiger partial charge in [0.05, 0.1) is 5.56 Å². The van der Waals surface area contributed by atoms with Crippen LogP contribution in [-0.2, 0) is 16.2 Å². The third kappa shape index (κ3) is 4.61. The van der Waals surface area contributed by atoms with Gasteiger partial charge in [-0.25, -0.2) is 9.59 Å². The fourth-order valence-electron chi connectivity index (χ4n) is 2.73. The van der Waals surface area contributed by atoms with Gasteiger partial charge in [-0.2, -0.15) is 0 Å². The Balaban J connectivity index is 1.68. The molecule has 0 saturated carbocycles. The molecule has 8 nitrogen and oxygen atoms in total. The number of benzene rings is 2. The second-order valence-corrected chi connectivity index (χ2v) is 6.38. The molecule has 1 aliphatic rings. The number of rotatable bonds is 7. The summed E-state index contributed by atoms with van der Waals surface area (Å²) in [6, 6.07) is 12.3. The summed E-state index contributed by atoms with van der Waals surface area (Å²) in [6.07, 6.45) is 2.79. The first-order chi connectivity index (χ1) is 14.4. The molecule has 2 aromatic carbocycles. The van der Waals surface area contributed by atoms with Gasteiger partial charge in [0.15, 0.2) is 0 Å². The largest absolute Gasteiger partial charge is 0.489 e. The second kappa shape index (κ2) is 8.87. The molecule has 0 unspecified atom stereocenters. The van der Waals surface area contributed by atoms with Crippen LogP contribution in [0.5, 0.6) is 5.75 Å². The van der Waals surface area contributed by atoms with Crippen LogP contribution in [0.4, 0.5) is 4.79 Å². The summed E-state index contributed by atoms with van der Waals surface area (Å²) in [5.41, 5.74) is 1.44. The molecule has 0 atom stereocenters. The Morgan fingerprint density at radius 3 is 2.33 bits per heavy atom. The van der Waals surface area contributed by atoms with Crippen LogP contribution in [0.1, 0.15) is 21.5 Å². The van der Waals surface area contributed by atoms with E-state index in [0.29, 0.717) is 11.3 Å². The summed E-state index contributed by atoms with van der Waals surface area (Å²) >= 11 is 0. The van der Waals surface area contributed by atoms with Gasteiger partial charge in [-0.05, 0) is 41.5 Å². The van der Waals surface area contributed by atoms with E-state index in [9.17, 15) is 19.2 Å².